The summed E-state index contributed by atoms with van der Waals surface area (Å²) in [6.45, 7) is 7.30. The van der Waals surface area contributed by atoms with E-state index in [0.29, 0.717) is 0 Å². The Balaban J connectivity index is 1.78. The van der Waals surface area contributed by atoms with E-state index in [9.17, 15) is 9.90 Å². The highest BCUT2D eigenvalue weighted by Gasteiger charge is 2.52. The Kier molecular flexibility index (Phi) is 3.99. The second kappa shape index (κ2) is 5.66. The van der Waals surface area contributed by atoms with E-state index in [2.05, 4.69) is 22.0 Å². The SMILES string of the molecule is Cc1noc(C)c1CN1CC[C@@]2(C(=O)O)CCCN(C)[C@@H]2C1. The van der Waals surface area contributed by atoms with Crippen LogP contribution in [-0.4, -0.2) is 58.8 Å². The van der Waals surface area contributed by atoms with Crippen LogP contribution in [0, 0.1) is 19.3 Å². The van der Waals surface area contributed by atoms with Gasteiger partial charge in [-0.1, -0.05) is 5.16 Å². The van der Waals surface area contributed by atoms with Crippen LogP contribution >= 0.6 is 0 Å². The summed E-state index contributed by atoms with van der Waals surface area (Å²) in [4.78, 5) is 16.5. The number of aromatic nitrogens is 1. The van der Waals surface area contributed by atoms with Crippen molar-refractivity contribution in [2.45, 2.75) is 45.7 Å². The summed E-state index contributed by atoms with van der Waals surface area (Å²) in [5.74, 6) is 0.241. The Morgan fingerprint density at radius 3 is 2.82 bits per heavy atom. The smallest absolute Gasteiger partial charge is 0.311 e. The van der Waals surface area contributed by atoms with Gasteiger partial charge in [-0.15, -0.1) is 0 Å². The van der Waals surface area contributed by atoms with Gasteiger partial charge < -0.3 is 14.5 Å². The van der Waals surface area contributed by atoms with Crippen LogP contribution in [0.15, 0.2) is 4.52 Å². The van der Waals surface area contributed by atoms with Crippen LogP contribution in [0.25, 0.3) is 0 Å². The summed E-state index contributed by atoms with van der Waals surface area (Å²) in [5, 5.41) is 13.8. The molecule has 1 aromatic rings. The molecular weight excluding hydrogens is 282 g/mol. The first-order valence-electron chi connectivity index (χ1n) is 8.02. The Bertz CT molecular complexity index is 551. The standard InChI is InChI=1S/C16H25N3O3/c1-11-13(12(2)22-17-11)9-19-8-6-16(15(20)21)5-4-7-18(3)14(16)10-19/h14H,4-10H2,1-3H3,(H,20,21)/t14-,16+/m1/s1. The van der Waals surface area contributed by atoms with Gasteiger partial charge in [0.25, 0.3) is 0 Å². The quantitative estimate of drug-likeness (QED) is 0.916. The number of hydrogen-bond acceptors (Lipinski definition) is 5. The second-order valence-electron chi connectivity index (χ2n) is 6.85. The predicted octanol–water partition coefficient (Wildman–Crippen LogP) is 1.66. The van der Waals surface area contributed by atoms with E-state index in [1.165, 1.54) is 0 Å². The van der Waals surface area contributed by atoms with Crippen molar-refractivity contribution in [3.8, 4) is 0 Å². The Morgan fingerprint density at radius 2 is 2.18 bits per heavy atom. The van der Waals surface area contributed by atoms with Crippen molar-refractivity contribution in [2.24, 2.45) is 5.41 Å². The molecule has 2 aliphatic rings. The summed E-state index contributed by atoms with van der Waals surface area (Å²) in [7, 11) is 2.06. The lowest BCUT2D eigenvalue weighted by molar-refractivity contribution is -0.162. The van der Waals surface area contributed by atoms with Gasteiger partial charge in [0.2, 0.25) is 0 Å². The molecule has 0 amide bonds. The van der Waals surface area contributed by atoms with Crippen LogP contribution in [0.5, 0.6) is 0 Å². The number of carboxylic acid groups (broad SMARTS) is 1. The molecule has 2 atom stereocenters. The summed E-state index contributed by atoms with van der Waals surface area (Å²) >= 11 is 0. The van der Waals surface area contributed by atoms with Gasteiger partial charge in [-0.2, -0.15) is 0 Å². The topological polar surface area (TPSA) is 69.8 Å². The minimum atomic E-state index is -0.624. The van der Waals surface area contributed by atoms with Gasteiger partial charge in [0.05, 0.1) is 11.1 Å². The third kappa shape index (κ3) is 2.44. The molecule has 0 bridgehead atoms. The zero-order valence-corrected chi connectivity index (χ0v) is 13.6. The van der Waals surface area contributed by atoms with Gasteiger partial charge in [0, 0.05) is 24.7 Å². The van der Waals surface area contributed by atoms with E-state index in [4.69, 9.17) is 4.52 Å². The van der Waals surface area contributed by atoms with Crippen molar-refractivity contribution in [2.75, 3.05) is 26.7 Å². The first-order chi connectivity index (χ1) is 10.4. The van der Waals surface area contributed by atoms with E-state index >= 15 is 0 Å². The maximum atomic E-state index is 11.9. The van der Waals surface area contributed by atoms with Crippen molar-refractivity contribution in [3.05, 3.63) is 17.0 Å². The average molecular weight is 307 g/mol. The van der Waals surface area contributed by atoms with Crippen LogP contribution in [0.2, 0.25) is 0 Å². The number of hydrogen-bond donors (Lipinski definition) is 1. The lowest BCUT2D eigenvalue weighted by Gasteiger charge is -2.51. The molecule has 3 rings (SSSR count). The number of fused-ring (bicyclic) bond motifs is 1. The molecule has 6 nitrogen and oxygen atoms in total. The number of likely N-dealkylation sites (N-methyl/N-ethyl adjacent to an activating group) is 1. The van der Waals surface area contributed by atoms with E-state index in [1.54, 1.807) is 0 Å². The zero-order chi connectivity index (χ0) is 15.9. The van der Waals surface area contributed by atoms with Gasteiger partial charge >= 0.3 is 5.97 Å². The normalized spacial score (nSPS) is 30.2. The third-order valence-electron chi connectivity index (χ3n) is 5.60. The van der Waals surface area contributed by atoms with Crippen molar-refractivity contribution in [1.82, 2.24) is 15.0 Å². The third-order valence-corrected chi connectivity index (χ3v) is 5.60. The van der Waals surface area contributed by atoms with Crippen LogP contribution < -0.4 is 0 Å². The number of piperidine rings is 2. The number of carbonyl (C=O) groups is 1. The van der Waals surface area contributed by atoms with Crippen LogP contribution in [0.1, 0.15) is 36.3 Å². The summed E-state index contributed by atoms with van der Waals surface area (Å²) in [5.41, 5.74) is 1.51. The van der Waals surface area contributed by atoms with E-state index in [0.717, 1.165) is 62.5 Å². The molecule has 2 fully saturated rings. The fourth-order valence-corrected chi connectivity index (χ4v) is 4.14. The molecule has 0 aromatic carbocycles. The summed E-state index contributed by atoms with van der Waals surface area (Å²) in [6, 6.07) is 0.0907. The van der Waals surface area contributed by atoms with E-state index in [-0.39, 0.29) is 6.04 Å². The molecule has 3 heterocycles. The molecule has 6 heteroatoms. The van der Waals surface area contributed by atoms with Crippen molar-refractivity contribution in [1.29, 1.82) is 0 Å². The zero-order valence-electron chi connectivity index (χ0n) is 13.6. The Morgan fingerprint density at radius 1 is 1.41 bits per heavy atom. The lowest BCUT2D eigenvalue weighted by atomic mass is 9.68. The Labute approximate surface area is 131 Å². The van der Waals surface area contributed by atoms with Crippen molar-refractivity contribution >= 4 is 5.97 Å². The van der Waals surface area contributed by atoms with Gasteiger partial charge in [-0.25, -0.2) is 0 Å². The molecule has 1 aromatic heterocycles. The molecule has 22 heavy (non-hydrogen) atoms. The van der Waals surface area contributed by atoms with E-state index < -0.39 is 11.4 Å². The molecule has 0 unspecified atom stereocenters. The van der Waals surface area contributed by atoms with Gasteiger partial charge in [0.1, 0.15) is 5.76 Å². The molecule has 122 valence electrons. The predicted molar refractivity (Wildman–Crippen MR) is 81.6 cm³/mol. The van der Waals surface area contributed by atoms with Crippen molar-refractivity contribution < 1.29 is 14.4 Å². The highest BCUT2D eigenvalue weighted by Crippen LogP contribution is 2.42. The molecule has 0 aliphatic carbocycles. The second-order valence-corrected chi connectivity index (χ2v) is 6.85. The fraction of sp³-hybridized carbons (Fsp3) is 0.750. The van der Waals surface area contributed by atoms with Crippen molar-refractivity contribution in [3.63, 3.8) is 0 Å². The van der Waals surface area contributed by atoms with Crippen LogP contribution in [-0.2, 0) is 11.3 Å². The van der Waals surface area contributed by atoms with Crippen LogP contribution in [0.3, 0.4) is 0 Å². The van der Waals surface area contributed by atoms with Gasteiger partial charge in [-0.05, 0) is 53.2 Å². The summed E-state index contributed by atoms with van der Waals surface area (Å²) < 4.78 is 5.24. The lowest BCUT2D eigenvalue weighted by Crippen LogP contribution is -2.62. The monoisotopic (exact) mass is 307 g/mol. The number of aliphatic carboxylic acids is 1. The number of rotatable bonds is 3. The molecule has 1 N–H and O–H groups in total. The highest BCUT2D eigenvalue weighted by molar-refractivity contribution is 5.76. The molecular formula is C16H25N3O3. The maximum Gasteiger partial charge on any atom is 0.311 e. The number of likely N-dealkylation sites (tertiary alicyclic amines) is 2. The molecule has 2 aliphatic heterocycles. The Hall–Kier alpha value is -1.40. The number of nitrogens with zero attached hydrogens (tertiary/aromatic N) is 3. The summed E-state index contributed by atoms with van der Waals surface area (Å²) in [6.07, 6.45) is 2.50. The minimum Gasteiger partial charge on any atom is -0.481 e. The highest BCUT2D eigenvalue weighted by atomic mass is 16.5. The largest absolute Gasteiger partial charge is 0.481 e. The fourth-order valence-electron chi connectivity index (χ4n) is 4.14. The van der Waals surface area contributed by atoms with Gasteiger partial charge in [0.15, 0.2) is 0 Å². The maximum absolute atomic E-state index is 11.9. The van der Waals surface area contributed by atoms with Gasteiger partial charge in [-0.3, -0.25) is 9.69 Å². The van der Waals surface area contributed by atoms with E-state index in [1.807, 2.05) is 13.8 Å². The molecule has 0 radical (unpaired) electrons. The molecule has 2 saturated heterocycles. The molecule has 0 saturated carbocycles. The average Bonchev–Trinajstić information content (AvgIpc) is 2.80. The number of aryl methyl sites for hydroxylation is 2. The first kappa shape index (κ1) is 15.5. The first-order valence-corrected chi connectivity index (χ1v) is 8.02. The molecule has 0 spiro atoms. The number of carboxylic acids is 1. The minimum absolute atomic E-state index is 0.0907. The van der Waals surface area contributed by atoms with Crippen LogP contribution in [0.4, 0.5) is 0 Å².